The first-order valence-electron chi connectivity index (χ1n) is 6.36. The molecular weight excluding hydrogens is 222 g/mol. The molecule has 1 heterocycles. The van der Waals surface area contributed by atoms with Crippen molar-refractivity contribution in [3.8, 4) is 0 Å². The fraction of sp³-hybridized carbons (Fsp3) is 0.917. The first kappa shape index (κ1) is 12.8. The summed E-state index contributed by atoms with van der Waals surface area (Å²) in [6.45, 7) is 2.57. The number of ether oxygens (including phenoxy) is 1. The largest absolute Gasteiger partial charge is 0.466 e. The number of nitrogens with one attached hydrogen (secondary N) is 1. The van der Waals surface area contributed by atoms with Crippen molar-refractivity contribution in [1.29, 1.82) is 0 Å². The van der Waals surface area contributed by atoms with Crippen LogP contribution in [0.4, 0.5) is 0 Å². The minimum Gasteiger partial charge on any atom is -0.466 e. The van der Waals surface area contributed by atoms with E-state index in [-0.39, 0.29) is 11.9 Å². The molecule has 1 aliphatic carbocycles. The first-order valence-corrected chi connectivity index (χ1v) is 6.36. The quantitative estimate of drug-likeness (QED) is 0.595. The van der Waals surface area contributed by atoms with Gasteiger partial charge in [-0.25, -0.2) is 0 Å². The van der Waals surface area contributed by atoms with Gasteiger partial charge < -0.3 is 14.9 Å². The van der Waals surface area contributed by atoms with Crippen molar-refractivity contribution in [3.63, 3.8) is 0 Å². The van der Waals surface area contributed by atoms with Crippen LogP contribution >= 0.6 is 0 Å². The summed E-state index contributed by atoms with van der Waals surface area (Å²) in [5.41, 5.74) is -0.560. The normalized spacial score (nSPS) is 41.7. The Morgan fingerprint density at radius 3 is 2.88 bits per heavy atom. The average molecular weight is 243 g/mol. The Bertz CT molecular complexity index is 284. The number of rotatable bonds is 2. The van der Waals surface area contributed by atoms with Crippen LogP contribution in [0, 0.1) is 11.3 Å². The van der Waals surface area contributed by atoms with E-state index in [0.717, 1.165) is 19.3 Å². The molecule has 17 heavy (non-hydrogen) atoms. The van der Waals surface area contributed by atoms with Gasteiger partial charge in [0.05, 0.1) is 18.6 Å². The number of hydrogen-bond acceptors (Lipinski definition) is 5. The van der Waals surface area contributed by atoms with Crippen molar-refractivity contribution in [2.75, 3.05) is 13.2 Å². The van der Waals surface area contributed by atoms with Crippen LogP contribution in [0.2, 0.25) is 0 Å². The zero-order chi connectivity index (χ0) is 12.5. The number of esters is 1. The standard InChI is InChI=1S/C12H21NO4/c1-2-17-10(15)8-4-3-5-12(6-8)9(14)7-13-11(12)16/h8-9,11,13-14,16H,2-7H2,1H3. The molecule has 2 fully saturated rings. The molecule has 2 aliphatic rings. The lowest BCUT2D eigenvalue weighted by atomic mass is 9.67. The second kappa shape index (κ2) is 4.92. The van der Waals surface area contributed by atoms with Gasteiger partial charge in [0.25, 0.3) is 0 Å². The maximum Gasteiger partial charge on any atom is 0.308 e. The summed E-state index contributed by atoms with van der Waals surface area (Å²) in [6, 6.07) is 0. The summed E-state index contributed by atoms with van der Waals surface area (Å²) in [7, 11) is 0. The highest BCUT2D eigenvalue weighted by atomic mass is 16.5. The number of aliphatic hydroxyl groups is 2. The van der Waals surface area contributed by atoms with Crippen molar-refractivity contribution < 1.29 is 19.7 Å². The number of β-amino-alcohol motifs (C(OH)–C–C–N with tert-alkyl or cyclic N) is 1. The Labute approximate surface area is 101 Å². The van der Waals surface area contributed by atoms with E-state index in [1.54, 1.807) is 6.92 Å². The van der Waals surface area contributed by atoms with Gasteiger partial charge in [0, 0.05) is 12.0 Å². The topological polar surface area (TPSA) is 78.8 Å². The SMILES string of the molecule is CCOC(=O)C1CCCC2(C1)C(O)CNC2O. The van der Waals surface area contributed by atoms with Crippen LogP contribution in [0.3, 0.4) is 0 Å². The molecule has 1 saturated carbocycles. The zero-order valence-electron chi connectivity index (χ0n) is 10.2. The van der Waals surface area contributed by atoms with Crippen molar-refractivity contribution in [1.82, 2.24) is 5.32 Å². The maximum atomic E-state index is 11.7. The van der Waals surface area contributed by atoms with E-state index >= 15 is 0 Å². The monoisotopic (exact) mass is 243 g/mol. The van der Waals surface area contributed by atoms with Gasteiger partial charge in [-0.05, 0) is 26.2 Å². The Balaban J connectivity index is 2.08. The predicted octanol–water partition coefficient (Wildman–Crippen LogP) is 0.00860. The van der Waals surface area contributed by atoms with Crippen molar-refractivity contribution in [2.45, 2.75) is 44.9 Å². The lowest BCUT2D eigenvalue weighted by molar-refractivity contribution is -0.154. The van der Waals surface area contributed by atoms with Crippen LogP contribution in [0.5, 0.6) is 0 Å². The van der Waals surface area contributed by atoms with E-state index < -0.39 is 17.7 Å². The summed E-state index contributed by atoms with van der Waals surface area (Å²) in [5, 5.41) is 22.9. The summed E-state index contributed by atoms with van der Waals surface area (Å²) < 4.78 is 5.03. The fourth-order valence-corrected chi connectivity index (χ4v) is 3.16. The molecule has 0 aromatic rings. The van der Waals surface area contributed by atoms with E-state index in [4.69, 9.17) is 4.74 Å². The van der Waals surface area contributed by atoms with Crippen LogP contribution < -0.4 is 5.32 Å². The number of hydrogen-bond donors (Lipinski definition) is 3. The van der Waals surface area contributed by atoms with Crippen LogP contribution in [0.25, 0.3) is 0 Å². The molecule has 1 aliphatic heterocycles. The molecule has 3 N–H and O–H groups in total. The van der Waals surface area contributed by atoms with Gasteiger partial charge in [-0.3, -0.25) is 10.1 Å². The molecule has 0 aromatic carbocycles. The fourth-order valence-electron chi connectivity index (χ4n) is 3.16. The summed E-state index contributed by atoms with van der Waals surface area (Å²) in [6.07, 6.45) is 1.63. The Morgan fingerprint density at radius 2 is 2.29 bits per heavy atom. The van der Waals surface area contributed by atoms with Gasteiger partial charge >= 0.3 is 5.97 Å². The van der Waals surface area contributed by atoms with Gasteiger partial charge in [0.2, 0.25) is 0 Å². The molecule has 1 spiro atoms. The van der Waals surface area contributed by atoms with Crippen LogP contribution in [0.15, 0.2) is 0 Å². The molecule has 5 heteroatoms. The Hall–Kier alpha value is -0.650. The Kier molecular flexibility index (Phi) is 3.70. The molecule has 5 nitrogen and oxygen atoms in total. The van der Waals surface area contributed by atoms with Gasteiger partial charge in [-0.1, -0.05) is 6.42 Å². The van der Waals surface area contributed by atoms with E-state index in [0.29, 0.717) is 19.6 Å². The molecule has 4 unspecified atom stereocenters. The third-order valence-corrected chi connectivity index (χ3v) is 4.15. The molecule has 0 aromatic heterocycles. The van der Waals surface area contributed by atoms with Gasteiger partial charge in [-0.2, -0.15) is 0 Å². The molecule has 0 radical (unpaired) electrons. The smallest absolute Gasteiger partial charge is 0.308 e. The molecule has 0 amide bonds. The van der Waals surface area contributed by atoms with Gasteiger partial charge in [-0.15, -0.1) is 0 Å². The Morgan fingerprint density at radius 1 is 1.53 bits per heavy atom. The van der Waals surface area contributed by atoms with Crippen LogP contribution in [-0.2, 0) is 9.53 Å². The molecule has 0 bridgehead atoms. The number of aliphatic hydroxyl groups excluding tert-OH is 2. The van der Waals surface area contributed by atoms with Crippen LogP contribution in [0.1, 0.15) is 32.6 Å². The lowest BCUT2D eigenvalue weighted by Gasteiger charge is -2.41. The van der Waals surface area contributed by atoms with Crippen molar-refractivity contribution in [3.05, 3.63) is 0 Å². The van der Waals surface area contributed by atoms with E-state index in [9.17, 15) is 15.0 Å². The molecule has 1 saturated heterocycles. The molecule has 4 atom stereocenters. The zero-order valence-corrected chi connectivity index (χ0v) is 10.2. The number of carbonyl (C=O) groups is 1. The van der Waals surface area contributed by atoms with E-state index in [2.05, 4.69) is 5.32 Å². The predicted molar refractivity (Wildman–Crippen MR) is 61.0 cm³/mol. The van der Waals surface area contributed by atoms with E-state index in [1.165, 1.54) is 0 Å². The second-order valence-electron chi connectivity index (χ2n) is 5.11. The highest BCUT2D eigenvalue weighted by Crippen LogP contribution is 2.46. The third kappa shape index (κ3) is 2.19. The molecular formula is C12H21NO4. The van der Waals surface area contributed by atoms with Crippen LogP contribution in [-0.4, -0.2) is 41.7 Å². The minimum atomic E-state index is -0.713. The van der Waals surface area contributed by atoms with E-state index in [1.807, 2.05) is 0 Å². The summed E-state index contributed by atoms with van der Waals surface area (Å²) in [4.78, 5) is 11.7. The summed E-state index contributed by atoms with van der Waals surface area (Å²) >= 11 is 0. The highest BCUT2D eigenvalue weighted by Gasteiger charge is 2.52. The number of carbonyl (C=O) groups excluding carboxylic acids is 1. The maximum absolute atomic E-state index is 11.7. The lowest BCUT2D eigenvalue weighted by Crippen LogP contribution is -2.46. The highest BCUT2D eigenvalue weighted by molar-refractivity contribution is 5.72. The molecule has 98 valence electrons. The second-order valence-corrected chi connectivity index (χ2v) is 5.11. The molecule has 2 rings (SSSR count). The third-order valence-electron chi connectivity index (χ3n) is 4.15. The minimum absolute atomic E-state index is 0.187. The summed E-state index contributed by atoms with van der Waals surface area (Å²) in [5.74, 6) is -0.384. The van der Waals surface area contributed by atoms with Crippen molar-refractivity contribution in [2.24, 2.45) is 11.3 Å². The first-order chi connectivity index (χ1) is 8.10. The van der Waals surface area contributed by atoms with Crippen molar-refractivity contribution >= 4 is 5.97 Å². The van der Waals surface area contributed by atoms with Gasteiger partial charge in [0.1, 0.15) is 6.23 Å². The van der Waals surface area contributed by atoms with Gasteiger partial charge in [0.15, 0.2) is 0 Å². The average Bonchev–Trinajstić information content (AvgIpc) is 2.59.